The van der Waals surface area contributed by atoms with Crippen molar-refractivity contribution >= 4 is 5.97 Å². The van der Waals surface area contributed by atoms with Gasteiger partial charge in [-0.2, -0.15) is 0 Å². The molecule has 0 fully saturated rings. The molecule has 18 heavy (non-hydrogen) atoms. The summed E-state index contributed by atoms with van der Waals surface area (Å²) in [5.74, 6) is -1.09. The number of benzene rings is 1. The van der Waals surface area contributed by atoms with E-state index < -0.39 is 18.4 Å². The first kappa shape index (κ1) is 12.6. The molecule has 1 heterocycles. The molecule has 0 amide bonds. The van der Waals surface area contributed by atoms with Gasteiger partial charge < -0.3 is 20.3 Å². The highest BCUT2D eigenvalue weighted by atomic mass is 19.3. The van der Waals surface area contributed by atoms with Gasteiger partial charge in [0.25, 0.3) is 6.43 Å². The maximum Gasteiger partial charge on any atom is 0.325 e. The van der Waals surface area contributed by atoms with Crippen LogP contribution in [0.15, 0.2) is 12.1 Å². The van der Waals surface area contributed by atoms with E-state index in [-0.39, 0.29) is 35.8 Å². The van der Waals surface area contributed by atoms with Gasteiger partial charge in [-0.15, -0.1) is 0 Å². The number of rotatable bonds is 3. The third-order valence-corrected chi connectivity index (χ3v) is 2.55. The standard InChI is InChI=1S/C11H11F2NO4/c12-10(13)5-3-6(8(14)11(15)16)9-7(4-5)17-1-2-18-9/h3-4,8,10H,1-2,14H2,(H,15,16). The molecular weight excluding hydrogens is 248 g/mol. The van der Waals surface area contributed by atoms with Gasteiger partial charge in [-0.1, -0.05) is 0 Å². The first-order valence-electron chi connectivity index (χ1n) is 5.20. The van der Waals surface area contributed by atoms with Crippen LogP contribution >= 0.6 is 0 Å². The molecule has 1 aromatic rings. The molecular formula is C11H11F2NO4. The zero-order valence-corrected chi connectivity index (χ0v) is 9.23. The third kappa shape index (κ3) is 2.21. The van der Waals surface area contributed by atoms with Crippen molar-refractivity contribution in [2.24, 2.45) is 5.73 Å². The zero-order chi connectivity index (χ0) is 13.3. The highest BCUT2D eigenvalue weighted by Crippen LogP contribution is 2.40. The number of carboxylic acids is 1. The number of nitrogens with two attached hydrogens (primary N) is 1. The van der Waals surface area contributed by atoms with Gasteiger partial charge in [0.1, 0.15) is 19.3 Å². The Labute approximate surface area is 101 Å². The van der Waals surface area contributed by atoms with Gasteiger partial charge in [-0.3, -0.25) is 4.79 Å². The Morgan fingerprint density at radius 2 is 2.00 bits per heavy atom. The molecule has 1 unspecified atom stereocenters. The van der Waals surface area contributed by atoms with Crippen molar-refractivity contribution in [3.8, 4) is 11.5 Å². The summed E-state index contributed by atoms with van der Waals surface area (Å²) in [6, 6.07) is 0.743. The topological polar surface area (TPSA) is 81.8 Å². The van der Waals surface area contributed by atoms with Crippen molar-refractivity contribution in [2.75, 3.05) is 13.2 Å². The molecule has 0 aromatic heterocycles. The predicted molar refractivity (Wildman–Crippen MR) is 57.0 cm³/mol. The number of carbonyl (C=O) groups is 1. The average molecular weight is 259 g/mol. The summed E-state index contributed by atoms with van der Waals surface area (Å²) in [4.78, 5) is 10.9. The fourth-order valence-electron chi connectivity index (χ4n) is 1.69. The lowest BCUT2D eigenvalue weighted by molar-refractivity contribution is -0.138. The van der Waals surface area contributed by atoms with E-state index in [1.54, 1.807) is 0 Å². The van der Waals surface area contributed by atoms with Crippen molar-refractivity contribution in [3.63, 3.8) is 0 Å². The molecule has 0 spiro atoms. The Bertz CT molecular complexity index is 478. The van der Waals surface area contributed by atoms with Gasteiger partial charge in [0.15, 0.2) is 11.5 Å². The number of hydrogen-bond acceptors (Lipinski definition) is 4. The van der Waals surface area contributed by atoms with Crippen molar-refractivity contribution in [3.05, 3.63) is 23.3 Å². The molecule has 3 N–H and O–H groups in total. The van der Waals surface area contributed by atoms with Gasteiger partial charge in [0.2, 0.25) is 0 Å². The monoisotopic (exact) mass is 259 g/mol. The van der Waals surface area contributed by atoms with E-state index in [0.29, 0.717) is 0 Å². The molecule has 0 saturated heterocycles. The van der Waals surface area contributed by atoms with Crippen molar-refractivity contribution < 1.29 is 28.2 Å². The number of ether oxygens (including phenoxy) is 2. The SMILES string of the molecule is NC(C(=O)O)c1cc(C(F)F)cc2c1OCCO2. The predicted octanol–water partition coefficient (Wildman–Crippen LogP) is 1.48. The van der Waals surface area contributed by atoms with Crippen molar-refractivity contribution in [1.82, 2.24) is 0 Å². The average Bonchev–Trinajstić information content (AvgIpc) is 2.36. The summed E-state index contributed by atoms with van der Waals surface area (Å²) >= 11 is 0. The van der Waals surface area contributed by atoms with Crippen LogP contribution in [0.4, 0.5) is 8.78 Å². The van der Waals surface area contributed by atoms with Crippen molar-refractivity contribution in [2.45, 2.75) is 12.5 Å². The van der Waals surface area contributed by atoms with Gasteiger partial charge in [-0.05, 0) is 12.1 Å². The summed E-state index contributed by atoms with van der Waals surface area (Å²) in [6.07, 6.45) is -2.74. The molecule has 0 bridgehead atoms. The summed E-state index contributed by atoms with van der Waals surface area (Å²) in [7, 11) is 0. The van der Waals surface area contributed by atoms with Gasteiger partial charge in [-0.25, -0.2) is 8.78 Å². The highest BCUT2D eigenvalue weighted by molar-refractivity contribution is 5.77. The number of alkyl halides is 2. The second-order valence-electron chi connectivity index (χ2n) is 3.75. The van der Waals surface area contributed by atoms with E-state index >= 15 is 0 Å². The van der Waals surface area contributed by atoms with Crippen LogP contribution in [0.2, 0.25) is 0 Å². The molecule has 0 radical (unpaired) electrons. The Hall–Kier alpha value is -1.89. The van der Waals surface area contributed by atoms with Crippen LogP contribution in [0.1, 0.15) is 23.6 Å². The quantitative estimate of drug-likeness (QED) is 0.859. The number of fused-ring (bicyclic) bond motifs is 1. The fraction of sp³-hybridized carbons (Fsp3) is 0.364. The summed E-state index contributed by atoms with van der Waals surface area (Å²) < 4.78 is 35.8. The lowest BCUT2D eigenvalue weighted by Gasteiger charge is -2.23. The van der Waals surface area contributed by atoms with Crippen LogP contribution in [0.5, 0.6) is 11.5 Å². The highest BCUT2D eigenvalue weighted by Gasteiger charge is 2.27. The van der Waals surface area contributed by atoms with E-state index in [4.69, 9.17) is 20.3 Å². The number of aliphatic carboxylic acids is 1. The molecule has 7 heteroatoms. The van der Waals surface area contributed by atoms with E-state index in [9.17, 15) is 13.6 Å². The minimum absolute atomic E-state index is 0.00463. The fourth-order valence-corrected chi connectivity index (χ4v) is 1.69. The Balaban J connectivity index is 2.54. The summed E-state index contributed by atoms with van der Waals surface area (Å²) in [5.41, 5.74) is 5.10. The van der Waals surface area contributed by atoms with Crippen LogP contribution in [-0.2, 0) is 4.79 Å². The van der Waals surface area contributed by atoms with Gasteiger partial charge >= 0.3 is 5.97 Å². The summed E-state index contributed by atoms with van der Waals surface area (Å²) in [6.45, 7) is 0.446. The van der Waals surface area contributed by atoms with Crippen LogP contribution in [0, 0.1) is 0 Å². The molecule has 2 rings (SSSR count). The molecule has 1 aromatic carbocycles. The normalized spacial score (nSPS) is 15.6. The summed E-state index contributed by atoms with van der Waals surface area (Å²) in [5, 5.41) is 8.86. The van der Waals surface area contributed by atoms with E-state index in [1.807, 2.05) is 0 Å². The van der Waals surface area contributed by atoms with Gasteiger partial charge in [0.05, 0.1) is 0 Å². The van der Waals surface area contributed by atoms with Crippen molar-refractivity contribution in [1.29, 1.82) is 0 Å². The molecule has 98 valence electrons. The van der Waals surface area contributed by atoms with E-state index in [0.717, 1.165) is 12.1 Å². The van der Waals surface area contributed by atoms with Crippen LogP contribution < -0.4 is 15.2 Å². The number of carboxylic acid groups (broad SMARTS) is 1. The lowest BCUT2D eigenvalue weighted by atomic mass is 10.0. The Morgan fingerprint density at radius 3 is 2.61 bits per heavy atom. The van der Waals surface area contributed by atoms with Gasteiger partial charge in [0, 0.05) is 11.1 Å². The van der Waals surface area contributed by atoms with E-state index in [1.165, 1.54) is 0 Å². The molecule has 0 aliphatic carbocycles. The molecule has 1 aliphatic heterocycles. The second kappa shape index (κ2) is 4.77. The first-order chi connectivity index (χ1) is 8.50. The number of halogens is 2. The van der Waals surface area contributed by atoms with Crippen LogP contribution in [0.3, 0.4) is 0 Å². The lowest BCUT2D eigenvalue weighted by Crippen LogP contribution is -2.24. The smallest absolute Gasteiger partial charge is 0.325 e. The molecule has 1 atom stereocenters. The molecule has 0 saturated carbocycles. The largest absolute Gasteiger partial charge is 0.486 e. The van der Waals surface area contributed by atoms with E-state index in [2.05, 4.69) is 0 Å². The first-order valence-corrected chi connectivity index (χ1v) is 5.20. The maximum atomic E-state index is 12.7. The second-order valence-corrected chi connectivity index (χ2v) is 3.75. The Morgan fingerprint density at radius 1 is 1.33 bits per heavy atom. The number of hydrogen-bond donors (Lipinski definition) is 2. The van der Waals surface area contributed by atoms with Crippen LogP contribution in [-0.4, -0.2) is 24.3 Å². The maximum absolute atomic E-state index is 12.7. The third-order valence-electron chi connectivity index (χ3n) is 2.55. The van der Waals surface area contributed by atoms with Crippen LogP contribution in [0.25, 0.3) is 0 Å². The molecule has 1 aliphatic rings. The minimum atomic E-state index is -2.74. The zero-order valence-electron chi connectivity index (χ0n) is 9.23. The minimum Gasteiger partial charge on any atom is -0.486 e. The Kier molecular flexibility index (Phi) is 3.33. The molecule has 5 nitrogen and oxygen atoms in total.